The Morgan fingerprint density at radius 2 is 1.62 bits per heavy atom. The molecule has 5 nitrogen and oxygen atoms in total. The first-order valence-corrected chi connectivity index (χ1v) is 12.5. The lowest BCUT2D eigenvalue weighted by Crippen LogP contribution is -2.27. The summed E-state index contributed by atoms with van der Waals surface area (Å²) in [6, 6.07) is 7.83. The topological polar surface area (TPSA) is 49.7 Å². The van der Waals surface area contributed by atoms with Crippen LogP contribution in [-0.2, 0) is 33.0 Å². The molecular weight excluding hydrogens is 528 g/mol. The molecule has 0 saturated carbocycles. The van der Waals surface area contributed by atoms with Gasteiger partial charge in [0.2, 0.25) is 0 Å². The maximum Gasteiger partial charge on any atom is 0.419 e. The summed E-state index contributed by atoms with van der Waals surface area (Å²) in [5.74, 6) is 0. The summed E-state index contributed by atoms with van der Waals surface area (Å²) in [5.41, 5.74) is -3.82. The van der Waals surface area contributed by atoms with Gasteiger partial charge in [0.05, 0.1) is 28.9 Å². The van der Waals surface area contributed by atoms with Crippen molar-refractivity contribution >= 4 is 17.0 Å². The van der Waals surface area contributed by atoms with Gasteiger partial charge in [-0.05, 0) is 76.3 Å². The molecule has 0 spiro atoms. The Morgan fingerprint density at radius 1 is 0.974 bits per heavy atom. The molecule has 0 N–H and O–H groups in total. The van der Waals surface area contributed by atoms with E-state index in [4.69, 9.17) is 14.2 Å². The number of alkyl halides is 6. The average molecular weight is 558 g/mol. The van der Waals surface area contributed by atoms with Gasteiger partial charge in [-0.25, -0.2) is 9.36 Å². The van der Waals surface area contributed by atoms with E-state index in [0.29, 0.717) is 36.1 Å². The molecule has 1 fully saturated rings. The van der Waals surface area contributed by atoms with E-state index in [0.717, 1.165) is 17.4 Å². The molecule has 2 heterocycles. The third-order valence-electron chi connectivity index (χ3n) is 6.21. The second kappa shape index (κ2) is 10.8. The molecule has 1 saturated heterocycles. The van der Waals surface area contributed by atoms with Gasteiger partial charge in [0.25, 0.3) is 0 Å². The summed E-state index contributed by atoms with van der Waals surface area (Å²) in [6.07, 6.45) is -8.89. The van der Waals surface area contributed by atoms with E-state index in [1.807, 2.05) is 0 Å². The summed E-state index contributed by atoms with van der Waals surface area (Å²) in [5, 5.41) is 0.484. The lowest BCUT2D eigenvalue weighted by Gasteiger charge is -2.23. The fourth-order valence-electron chi connectivity index (χ4n) is 4.59. The molecule has 0 radical (unpaired) electrons. The van der Waals surface area contributed by atoms with Crippen LogP contribution in [0.1, 0.15) is 56.7 Å². The first-order chi connectivity index (χ1) is 18.1. The van der Waals surface area contributed by atoms with Gasteiger partial charge >= 0.3 is 18.4 Å². The predicted octanol–water partition coefficient (Wildman–Crippen LogP) is 8.21. The van der Waals surface area contributed by atoms with Crippen LogP contribution in [0.2, 0.25) is 0 Å². The Kier molecular flexibility index (Phi) is 8.05. The zero-order valence-corrected chi connectivity index (χ0v) is 21.7. The first-order valence-electron chi connectivity index (χ1n) is 12.5. The van der Waals surface area contributed by atoms with Crippen molar-refractivity contribution in [1.29, 1.82) is 0 Å². The molecule has 1 atom stereocenters. The number of hydrogen-bond donors (Lipinski definition) is 0. The van der Waals surface area contributed by atoms with E-state index in [2.05, 4.69) is 0 Å². The van der Waals surface area contributed by atoms with Crippen molar-refractivity contribution in [3.63, 3.8) is 0 Å². The Bertz CT molecular complexity index is 1300. The second-order valence-corrected chi connectivity index (χ2v) is 10.4. The van der Waals surface area contributed by atoms with Crippen LogP contribution in [0.15, 0.2) is 42.5 Å². The van der Waals surface area contributed by atoms with Gasteiger partial charge in [0, 0.05) is 17.6 Å². The standard InChI is InChI=1S/C28H29F6NO4/c1-26(2,3)39-25(36)35-22-9-5-4-8-20(22)21(11-13-38-23-10-6-7-12-37-23)24(35)17-14-18(27(29,30)31)16-19(15-17)28(32,33)34/h4-5,8-9,14-16,23H,6-7,10-13H2,1-3H3. The lowest BCUT2D eigenvalue weighted by molar-refractivity contribution is -0.161. The fraction of sp³-hybridized carbons (Fsp3) is 0.464. The average Bonchev–Trinajstić information content (AvgIpc) is 3.17. The van der Waals surface area contributed by atoms with Gasteiger partial charge in [-0.3, -0.25) is 0 Å². The van der Waals surface area contributed by atoms with E-state index in [-0.39, 0.29) is 30.3 Å². The highest BCUT2D eigenvalue weighted by Crippen LogP contribution is 2.42. The molecule has 1 aliphatic heterocycles. The van der Waals surface area contributed by atoms with Crippen molar-refractivity contribution in [2.75, 3.05) is 13.2 Å². The van der Waals surface area contributed by atoms with Crippen LogP contribution < -0.4 is 0 Å². The summed E-state index contributed by atoms with van der Waals surface area (Å²) in [6.45, 7) is 5.45. The van der Waals surface area contributed by atoms with Gasteiger partial charge < -0.3 is 14.2 Å². The molecule has 2 aromatic carbocycles. The molecule has 4 rings (SSSR count). The van der Waals surface area contributed by atoms with E-state index in [1.165, 1.54) is 0 Å². The van der Waals surface area contributed by atoms with Gasteiger partial charge in [-0.15, -0.1) is 0 Å². The number of rotatable bonds is 5. The summed E-state index contributed by atoms with van der Waals surface area (Å²) < 4.78 is 100. The van der Waals surface area contributed by atoms with Crippen molar-refractivity contribution in [1.82, 2.24) is 4.57 Å². The highest BCUT2D eigenvalue weighted by molar-refractivity contribution is 5.99. The molecule has 1 unspecified atom stereocenters. The molecule has 0 bridgehead atoms. The van der Waals surface area contributed by atoms with Crippen molar-refractivity contribution in [3.05, 3.63) is 59.2 Å². The SMILES string of the molecule is CC(C)(C)OC(=O)n1c(-c2cc(C(F)(F)F)cc(C(F)(F)F)c2)c(CCOC2CCCCO2)c2ccccc21. The van der Waals surface area contributed by atoms with E-state index in [9.17, 15) is 31.1 Å². The maximum atomic E-state index is 13.7. The second-order valence-electron chi connectivity index (χ2n) is 10.4. The van der Waals surface area contributed by atoms with Crippen LogP contribution in [0.3, 0.4) is 0 Å². The number of hydrogen-bond acceptors (Lipinski definition) is 4. The number of fused-ring (bicyclic) bond motifs is 1. The Hall–Kier alpha value is -3.05. The number of ether oxygens (including phenoxy) is 3. The zero-order valence-electron chi connectivity index (χ0n) is 21.7. The minimum absolute atomic E-state index is 0.0627. The van der Waals surface area contributed by atoms with Crippen molar-refractivity contribution in [2.45, 2.75) is 70.7 Å². The van der Waals surface area contributed by atoms with Crippen LogP contribution in [0, 0.1) is 0 Å². The minimum atomic E-state index is -5.06. The van der Waals surface area contributed by atoms with Crippen LogP contribution >= 0.6 is 0 Å². The van der Waals surface area contributed by atoms with Crippen molar-refractivity contribution in [3.8, 4) is 11.3 Å². The number of aromatic nitrogens is 1. The number of carbonyl (C=O) groups is 1. The van der Waals surface area contributed by atoms with Crippen LogP contribution in [0.25, 0.3) is 22.2 Å². The van der Waals surface area contributed by atoms with Gasteiger partial charge in [-0.2, -0.15) is 26.3 Å². The number of carbonyl (C=O) groups excluding carboxylic acids is 1. The highest BCUT2D eigenvalue weighted by atomic mass is 19.4. The normalized spacial score (nSPS) is 17.0. The number of nitrogens with zero attached hydrogens (tertiary/aromatic N) is 1. The summed E-state index contributed by atoms with van der Waals surface area (Å²) >= 11 is 0. The lowest BCUT2D eigenvalue weighted by atomic mass is 9.98. The number of para-hydroxylation sites is 1. The zero-order chi connectivity index (χ0) is 28.6. The van der Waals surface area contributed by atoms with Gasteiger partial charge in [-0.1, -0.05) is 18.2 Å². The van der Waals surface area contributed by atoms with Crippen molar-refractivity contribution in [2.24, 2.45) is 0 Å². The Morgan fingerprint density at radius 3 is 2.18 bits per heavy atom. The van der Waals surface area contributed by atoms with E-state index >= 15 is 0 Å². The smallest absolute Gasteiger partial charge is 0.419 e. The monoisotopic (exact) mass is 557 g/mol. The number of benzene rings is 2. The molecule has 1 aliphatic rings. The third kappa shape index (κ3) is 6.75. The van der Waals surface area contributed by atoms with E-state index in [1.54, 1.807) is 45.0 Å². The summed E-state index contributed by atoms with van der Waals surface area (Å²) in [7, 11) is 0. The van der Waals surface area contributed by atoms with Gasteiger partial charge in [0.1, 0.15) is 5.60 Å². The molecule has 1 aromatic heterocycles. The van der Waals surface area contributed by atoms with Crippen LogP contribution in [-0.4, -0.2) is 35.8 Å². The Labute approximate surface area is 221 Å². The fourth-order valence-corrected chi connectivity index (χ4v) is 4.59. The molecule has 0 aliphatic carbocycles. The molecule has 11 heteroatoms. The van der Waals surface area contributed by atoms with Gasteiger partial charge in [0.15, 0.2) is 6.29 Å². The molecule has 0 amide bonds. The predicted molar refractivity (Wildman–Crippen MR) is 132 cm³/mol. The molecule has 212 valence electrons. The molecule has 39 heavy (non-hydrogen) atoms. The number of halogens is 6. The Balaban J connectivity index is 1.93. The van der Waals surface area contributed by atoms with Crippen LogP contribution in [0.4, 0.5) is 31.1 Å². The van der Waals surface area contributed by atoms with Crippen molar-refractivity contribution < 1.29 is 45.3 Å². The molecular formula is C28H29F6NO4. The van der Waals surface area contributed by atoms with Crippen LogP contribution in [0.5, 0.6) is 0 Å². The largest absolute Gasteiger partial charge is 0.443 e. The first kappa shape index (κ1) is 28.9. The summed E-state index contributed by atoms with van der Waals surface area (Å²) in [4.78, 5) is 13.4. The quantitative estimate of drug-likeness (QED) is 0.297. The minimum Gasteiger partial charge on any atom is -0.443 e. The van der Waals surface area contributed by atoms with E-state index < -0.39 is 47.0 Å². The third-order valence-corrected chi connectivity index (χ3v) is 6.21. The maximum absolute atomic E-state index is 13.7. The molecule has 3 aromatic rings. The highest BCUT2D eigenvalue weighted by Gasteiger charge is 2.38.